The molecule has 0 aromatic heterocycles. The Morgan fingerprint density at radius 1 is 1.59 bits per heavy atom. The van der Waals surface area contributed by atoms with Gasteiger partial charge in [0.15, 0.2) is 0 Å². The monoisotopic (exact) mass is 273 g/mol. The van der Waals surface area contributed by atoms with Crippen LogP contribution < -0.4 is 0 Å². The van der Waals surface area contributed by atoms with E-state index >= 15 is 0 Å². The number of rotatable bonds is 2. The summed E-state index contributed by atoms with van der Waals surface area (Å²) in [6, 6.07) is 6.57. The molecule has 0 N–H and O–H groups in total. The summed E-state index contributed by atoms with van der Waals surface area (Å²) >= 11 is 7.38. The van der Waals surface area contributed by atoms with E-state index in [-0.39, 0.29) is 17.1 Å². The van der Waals surface area contributed by atoms with Gasteiger partial charge in [-0.3, -0.25) is 4.79 Å². The van der Waals surface area contributed by atoms with E-state index in [2.05, 4.69) is 0 Å². The van der Waals surface area contributed by atoms with Crippen LogP contribution in [0, 0.1) is 5.82 Å². The van der Waals surface area contributed by atoms with Crippen molar-refractivity contribution in [2.45, 2.75) is 17.7 Å². The van der Waals surface area contributed by atoms with Crippen molar-refractivity contribution < 1.29 is 9.18 Å². The standard InChI is InChI=1S/C12H13ClFNOS/c1-8(13)11(16)15-6-7-17-12(15)9-4-2-3-5-10(9)14/h2-5,8,12H,6-7H2,1H3. The Kier molecular flexibility index (Phi) is 3.94. The maximum atomic E-state index is 13.7. The lowest BCUT2D eigenvalue weighted by atomic mass is 10.2. The number of carbonyl (C=O) groups is 1. The Hall–Kier alpha value is -0.740. The number of hydrogen-bond acceptors (Lipinski definition) is 2. The molecule has 2 unspecified atom stereocenters. The molecular formula is C12H13ClFNOS. The summed E-state index contributed by atoms with van der Waals surface area (Å²) in [6.45, 7) is 2.27. The van der Waals surface area contributed by atoms with E-state index in [1.807, 2.05) is 0 Å². The van der Waals surface area contributed by atoms with Gasteiger partial charge in [0, 0.05) is 17.9 Å². The molecule has 1 aromatic rings. The van der Waals surface area contributed by atoms with Crippen molar-refractivity contribution in [2.24, 2.45) is 0 Å². The normalized spacial score (nSPS) is 21.6. The highest BCUT2D eigenvalue weighted by Crippen LogP contribution is 2.39. The van der Waals surface area contributed by atoms with Crippen LogP contribution in [0.15, 0.2) is 24.3 Å². The minimum absolute atomic E-state index is 0.134. The molecule has 1 saturated heterocycles. The topological polar surface area (TPSA) is 20.3 Å². The molecule has 5 heteroatoms. The molecule has 0 radical (unpaired) electrons. The van der Waals surface area contributed by atoms with Gasteiger partial charge in [-0.25, -0.2) is 4.39 Å². The molecule has 2 atom stereocenters. The van der Waals surface area contributed by atoms with Crippen molar-refractivity contribution >= 4 is 29.3 Å². The second-order valence-electron chi connectivity index (χ2n) is 3.89. The third kappa shape index (κ3) is 2.58. The maximum absolute atomic E-state index is 13.7. The number of carbonyl (C=O) groups excluding carboxylic acids is 1. The molecule has 1 heterocycles. The van der Waals surface area contributed by atoms with Gasteiger partial charge in [0.1, 0.15) is 16.6 Å². The van der Waals surface area contributed by atoms with E-state index in [1.54, 1.807) is 41.8 Å². The summed E-state index contributed by atoms with van der Waals surface area (Å²) in [5, 5.41) is -0.812. The average molecular weight is 274 g/mol. The highest BCUT2D eigenvalue weighted by Gasteiger charge is 2.33. The Morgan fingerprint density at radius 3 is 2.94 bits per heavy atom. The van der Waals surface area contributed by atoms with Gasteiger partial charge in [0.05, 0.1) is 0 Å². The molecule has 0 spiro atoms. The van der Waals surface area contributed by atoms with Crippen LogP contribution in [-0.2, 0) is 4.79 Å². The molecule has 1 fully saturated rings. The first-order valence-electron chi connectivity index (χ1n) is 5.42. The first-order valence-corrected chi connectivity index (χ1v) is 6.90. The number of nitrogens with zero attached hydrogens (tertiary/aromatic N) is 1. The number of amides is 1. The largest absolute Gasteiger partial charge is 0.324 e. The summed E-state index contributed by atoms with van der Waals surface area (Å²) in [7, 11) is 0. The quantitative estimate of drug-likeness (QED) is 0.772. The van der Waals surface area contributed by atoms with Gasteiger partial charge in [-0.05, 0) is 13.0 Å². The van der Waals surface area contributed by atoms with Crippen molar-refractivity contribution in [3.05, 3.63) is 35.6 Å². The van der Waals surface area contributed by atoms with E-state index in [4.69, 9.17) is 11.6 Å². The first kappa shape index (κ1) is 12.7. The van der Waals surface area contributed by atoms with Gasteiger partial charge >= 0.3 is 0 Å². The zero-order valence-corrected chi connectivity index (χ0v) is 11.0. The highest BCUT2D eigenvalue weighted by atomic mass is 35.5. The molecule has 0 aliphatic carbocycles. The lowest BCUT2D eigenvalue weighted by Crippen LogP contribution is -2.35. The van der Waals surface area contributed by atoms with Gasteiger partial charge in [-0.15, -0.1) is 23.4 Å². The Morgan fingerprint density at radius 2 is 2.29 bits per heavy atom. The molecule has 1 aromatic carbocycles. The SMILES string of the molecule is CC(Cl)C(=O)N1CCSC1c1ccccc1F. The summed E-state index contributed by atoms with van der Waals surface area (Å²) in [4.78, 5) is 13.6. The number of halogens is 2. The Bertz CT molecular complexity index is 427. The van der Waals surface area contributed by atoms with Crippen LogP contribution in [0.2, 0.25) is 0 Å². The zero-order valence-electron chi connectivity index (χ0n) is 9.40. The number of hydrogen-bond donors (Lipinski definition) is 0. The summed E-state index contributed by atoms with van der Waals surface area (Å²) in [5.41, 5.74) is 0.556. The Labute approximate surface area is 109 Å². The highest BCUT2D eigenvalue weighted by molar-refractivity contribution is 7.99. The van der Waals surface area contributed by atoms with Gasteiger partial charge in [0.25, 0.3) is 0 Å². The fourth-order valence-corrected chi connectivity index (χ4v) is 3.27. The lowest BCUT2D eigenvalue weighted by Gasteiger charge is -2.25. The van der Waals surface area contributed by atoms with Gasteiger partial charge in [-0.2, -0.15) is 0 Å². The Balaban J connectivity index is 2.26. The second kappa shape index (κ2) is 5.27. The summed E-state index contributed by atoms with van der Waals surface area (Å²) in [6.07, 6.45) is 0. The van der Waals surface area contributed by atoms with Crippen LogP contribution in [-0.4, -0.2) is 28.5 Å². The van der Waals surface area contributed by atoms with Crippen LogP contribution >= 0.6 is 23.4 Å². The minimum atomic E-state index is -0.567. The predicted molar refractivity (Wildman–Crippen MR) is 68.6 cm³/mol. The van der Waals surface area contributed by atoms with Crippen LogP contribution in [0.1, 0.15) is 17.9 Å². The van der Waals surface area contributed by atoms with Crippen LogP contribution in [0.5, 0.6) is 0 Å². The molecule has 0 saturated carbocycles. The van der Waals surface area contributed by atoms with Crippen LogP contribution in [0.25, 0.3) is 0 Å². The molecule has 0 bridgehead atoms. The fourth-order valence-electron chi connectivity index (χ4n) is 1.86. The first-order chi connectivity index (χ1) is 8.11. The van der Waals surface area contributed by atoms with Gasteiger partial charge in [-0.1, -0.05) is 18.2 Å². The smallest absolute Gasteiger partial charge is 0.241 e. The summed E-state index contributed by atoms with van der Waals surface area (Å²) in [5.74, 6) is 0.408. The van der Waals surface area contributed by atoms with Crippen molar-refractivity contribution in [1.82, 2.24) is 4.90 Å². The van der Waals surface area contributed by atoms with E-state index in [9.17, 15) is 9.18 Å². The van der Waals surface area contributed by atoms with E-state index in [0.717, 1.165) is 5.75 Å². The minimum Gasteiger partial charge on any atom is -0.324 e. The van der Waals surface area contributed by atoms with Crippen LogP contribution in [0.4, 0.5) is 4.39 Å². The number of thioether (sulfide) groups is 1. The molecule has 92 valence electrons. The van der Waals surface area contributed by atoms with Gasteiger partial charge in [0.2, 0.25) is 5.91 Å². The molecule has 2 nitrogen and oxygen atoms in total. The summed E-state index contributed by atoms with van der Waals surface area (Å²) < 4.78 is 13.7. The molecule has 1 aliphatic heterocycles. The van der Waals surface area contributed by atoms with E-state index < -0.39 is 5.38 Å². The molecule has 17 heavy (non-hydrogen) atoms. The zero-order chi connectivity index (χ0) is 12.4. The molecule has 2 rings (SSSR count). The van der Waals surface area contributed by atoms with Gasteiger partial charge < -0.3 is 4.90 Å². The van der Waals surface area contributed by atoms with E-state index in [1.165, 1.54) is 6.07 Å². The van der Waals surface area contributed by atoms with Crippen molar-refractivity contribution in [3.8, 4) is 0 Å². The number of benzene rings is 1. The van der Waals surface area contributed by atoms with Crippen molar-refractivity contribution in [3.63, 3.8) is 0 Å². The van der Waals surface area contributed by atoms with E-state index in [0.29, 0.717) is 12.1 Å². The third-order valence-corrected chi connectivity index (χ3v) is 4.11. The molecule has 1 amide bonds. The molecule has 1 aliphatic rings. The van der Waals surface area contributed by atoms with Crippen molar-refractivity contribution in [1.29, 1.82) is 0 Å². The van der Waals surface area contributed by atoms with Crippen LogP contribution in [0.3, 0.4) is 0 Å². The average Bonchev–Trinajstić information content (AvgIpc) is 2.77. The fraction of sp³-hybridized carbons (Fsp3) is 0.417. The third-order valence-electron chi connectivity index (χ3n) is 2.69. The second-order valence-corrected chi connectivity index (χ2v) is 5.74. The lowest BCUT2D eigenvalue weighted by molar-refractivity contribution is -0.130. The number of alkyl halides is 1. The van der Waals surface area contributed by atoms with Crippen molar-refractivity contribution in [2.75, 3.05) is 12.3 Å². The molecular weight excluding hydrogens is 261 g/mol. The predicted octanol–water partition coefficient (Wildman–Crippen LogP) is 3.03. The maximum Gasteiger partial charge on any atom is 0.241 e.